The van der Waals surface area contributed by atoms with E-state index in [1.54, 1.807) is 0 Å². The molecule has 0 aromatic carbocycles. The lowest BCUT2D eigenvalue weighted by Gasteiger charge is -2.33. The smallest absolute Gasteiger partial charge is 0.231 e. The summed E-state index contributed by atoms with van der Waals surface area (Å²) >= 11 is 1.36. The molecule has 0 spiro atoms. The molecular formula is C17H28N4O2S. The fourth-order valence-electron chi connectivity index (χ4n) is 2.67. The molecule has 134 valence electrons. The maximum absolute atomic E-state index is 12.4. The minimum atomic E-state index is -0.466. The monoisotopic (exact) mass is 352 g/mol. The molecule has 1 aliphatic rings. The Morgan fingerprint density at radius 2 is 2.04 bits per heavy atom. The van der Waals surface area contributed by atoms with E-state index in [-0.39, 0.29) is 24.3 Å². The van der Waals surface area contributed by atoms with Gasteiger partial charge in [0.25, 0.3) is 0 Å². The Bertz CT molecular complexity index is 584. The van der Waals surface area contributed by atoms with Crippen LogP contribution in [-0.2, 0) is 16.0 Å². The van der Waals surface area contributed by atoms with Crippen molar-refractivity contribution in [1.82, 2.24) is 9.88 Å². The maximum Gasteiger partial charge on any atom is 0.231 e. The number of piperidine rings is 1. The summed E-state index contributed by atoms with van der Waals surface area (Å²) in [5.74, 6) is 0.525. The van der Waals surface area contributed by atoms with E-state index in [0.29, 0.717) is 16.7 Å². The average molecular weight is 353 g/mol. The number of carbonyl (C=O) groups is 2. The minimum Gasteiger partial charge on any atom is -0.342 e. The van der Waals surface area contributed by atoms with Gasteiger partial charge in [-0.3, -0.25) is 9.59 Å². The van der Waals surface area contributed by atoms with Crippen LogP contribution in [0.4, 0.5) is 5.13 Å². The topological polar surface area (TPSA) is 88.3 Å². The van der Waals surface area contributed by atoms with Crippen LogP contribution >= 0.6 is 11.3 Å². The molecule has 2 rings (SSSR count). The van der Waals surface area contributed by atoms with E-state index in [2.05, 4.69) is 10.3 Å². The van der Waals surface area contributed by atoms with Gasteiger partial charge in [0.05, 0.1) is 12.1 Å². The fourth-order valence-corrected chi connectivity index (χ4v) is 3.38. The summed E-state index contributed by atoms with van der Waals surface area (Å²) in [6, 6.07) is 0.190. The number of anilines is 1. The predicted molar refractivity (Wildman–Crippen MR) is 96.9 cm³/mol. The second-order valence-corrected chi connectivity index (χ2v) is 8.46. The molecule has 7 heteroatoms. The number of nitrogens with two attached hydrogens (primary N) is 1. The van der Waals surface area contributed by atoms with Gasteiger partial charge in [-0.05, 0) is 25.7 Å². The quantitative estimate of drug-likeness (QED) is 0.870. The first-order valence-electron chi connectivity index (χ1n) is 8.46. The van der Waals surface area contributed by atoms with E-state index < -0.39 is 5.41 Å². The molecule has 1 unspecified atom stereocenters. The summed E-state index contributed by atoms with van der Waals surface area (Å²) in [6.45, 7) is 9.13. The third-order valence-corrected chi connectivity index (χ3v) is 5.23. The van der Waals surface area contributed by atoms with E-state index >= 15 is 0 Å². The number of thiazole rings is 1. The van der Waals surface area contributed by atoms with Crippen LogP contribution in [0, 0.1) is 11.3 Å². The molecule has 0 saturated carbocycles. The standard InChI is InChI=1S/C17H28N4O2S/c1-11(18)12-5-7-21(8-6-12)14(22)9-13-10-24-16(19-13)20-15(23)17(2,3)4/h10-12H,5-9,18H2,1-4H3,(H,19,20,23). The lowest BCUT2D eigenvalue weighted by molar-refractivity contribution is -0.132. The Kier molecular flexibility index (Phi) is 5.98. The fraction of sp³-hybridized carbons (Fsp3) is 0.706. The zero-order chi connectivity index (χ0) is 17.9. The molecule has 24 heavy (non-hydrogen) atoms. The third-order valence-electron chi connectivity index (χ3n) is 4.42. The van der Waals surface area contributed by atoms with Crippen molar-refractivity contribution in [3.05, 3.63) is 11.1 Å². The number of aromatic nitrogens is 1. The Morgan fingerprint density at radius 3 is 2.58 bits per heavy atom. The third kappa shape index (κ3) is 5.01. The van der Waals surface area contributed by atoms with Crippen molar-refractivity contribution in [2.24, 2.45) is 17.1 Å². The normalized spacial score (nSPS) is 17.6. The second-order valence-electron chi connectivity index (χ2n) is 7.60. The number of hydrogen-bond acceptors (Lipinski definition) is 5. The molecule has 1 saturated heterocycles. The predicted octanol–water partition coefficient (Wildman–Crippen LogP) is 2.26. The Labute approximate surface area is 147 Å². The van der Waals surface area contributed by atoms with Crippen LogP contribution in [-0.4, -0.2) is 40.8 Å². The zero-order valence-corrected chi connectivity index (χ0v) is 15.8. The first-order chi connectivity index (χ1) is 11.2. The Hall–Kier alpha value is -1.47. The highest BCUT2D eigenvalue weighted by Gasteiger charge is 2.26. The zero-order valence-electron chi connectivity index (χ0n) is 15.0. The van der Waals surface area contributed by atoms with Gasteiger partial charge in [0.2, 0.25) is 11.8 Å². The van der Waals surface area contributed by atoms with Gasteiger partial charge < -0.3 is 16.0 Å². The summed E-state index contributed by atoms with van der Waals surface area (Å²) < 4.78 is 0. The molecule has 1 atom stereocenters. The average Bonchev–Trinajstić information content (AvgIpc) is 2.93. The van der Waals surface area contributed by atoms with Gasteiger partial charge in [-0.25, -0.2) is 4.98 Å². The van der Waals surface area contributed by atoms with Crippen LogP contribution in [0.3, 0.4) is 0 Å². The van der Waals surface area contributed by atoms with Crippen molar-refractivity contribution in [3.8, 4) is 0 Å². The first kappa shape index (κ1) is 18.9. The molecule has 1 aromatic heterocycles. The lowest BCUT2D eigenvalue weighted by atomic mass is 9.91. The molecule has 2 heterocycles. The molecule has 1 aromatic rings. The highest BCUT2D eigenvalue weighted by molar-refractivity contribution is 7.13. The molecule has 2 amide bonds. The van der Waals surface area contributed by atoms with Crippen LogP contribution in [0.2, 0.25) is 0 Å². The summed E-state index contributed by atoms with van der Waals surface area (Å²) in [7, 11) is 0. The number of nitrogens with one attached hydrogen (secondary N) is 1. The number of likely N-dealkylation sites (tertiary alicyclic amines) is 1. The molecule has 1 aliphatic heterocycles. The summed E-state index contributed by atoms with van der Waals surface area (Å²) in [5, 5.41) is 5.19. The van der Waals surface area contributed by atoms with E-state index in [0.717, 1.165) is 25.9 Å². The van der Waals surface area contributed by atoms with Crippen LogP contribution in [0.5, 0.6) is 0 Å². The first-order valence-corrected chi connectivity index (χ1v) is 9.34. The summed E-state index contributed by atoms with van der Waals surface area (Å²) in [5.41, 5.74) is 6.18. The maximum atomic E-state index is 12.4. The highest BCUT2D eigenvalue weighted by atomic mass is 32.1. The molecule has 0 bridgehead atoms. The van der Waals surface area contributed by atoms with Gasteiger partial charge in [-0.2, -0.15) is 0 Å². The second kappa shape index (κ2) is 7.61. The molecule has 3 N–H and O–H groups in total. The van der Waals surface area contributed by atoms with Crippen molar-refractivity contribution >= 4 is 28.3 Å². The van der Waals surface area contributed by atoms with Crippen molar-refractivity contribution in [2.45, 2.75) is 53.0 Å². The number of nitrogens with zero attached hydrogens (tertiary/aromatic N) is 2. The summed E-state index contributed by atoms with van der Waals surface area (Å²) in [6.07, 6.45) is 2.21. The molecular weight excluding hydrogens is 324 g/mol. The van der Waals surface area contributed by atoms with Gasteiger partial charge in [-0.15, -0.1) is 11.3 Å². The highest BCUT2D eigenvalue weighted by Crippen LogP contribution is 2.23. The van der Waals surface area contributed by atoms with E-state index in [1.165, 1.54) is 11.3 Å². The lowest BCUT2D eigenvalue weighted by Crippen LogP contribution is -2.43. The van der Waals surface area contributed by atoms with Crippen molar-refractivity contribution < 1.29 is 9.59 Å². The van der Waals surface area contributed by atoms with E-state index in [9.17, 15) is 9.59 Å². The van der Waals surface area contributed by atoms with E-state index in [4.69, 9.17) is 5.73 Å². The number of rotatable bonds is 4. The van der Waals surface area contributed by atoms with Crippen LogP contribution in [0.1, 0.15) is 46.2 Å². The largest absolute Gasteiger partial charge is 0.342 e. The van der Waals surface area contributed by atoms with Gasteiger partial charge in [-0.1, -0.05) is 20.8 Å². The molecule has 6 nitrogen and oxygen atoms in total. The van der Waals surface area contributed by atoms with Crippen molar-refractivity contribution in [1.29, 1.82) is 0 Å². The number of amides is 2. The van der Waals surface area contributed by atoms with Crippen LogP contribution < -0.4 is 11.1 Å². The molecule has 0 radical (unpaired) electrons. The molecule has 1 fully saturated rings. The van der Waals surface area contributed by atoms with E-state index in [1.807, 2.05) is 38.0 Å². The SMILES string of the molecule is CC(N)C1CCN(C(=O)Cc2csc(NC(=O)C(C)(C)C)n2)CC1. The van der Waals surface area contributed by atoms with Gasteiger partial charge in [0, 0.05) is 29.9 Å². The Balaban J connectivity index is 1.86. The minimum absolute atomic E-state index is 0.0762. The van der Waals surface area contributed by atoms with Crippen LogP contribution in [0.15, 0.2) is 5.38 Å². The summed E-state index contributed by atoms with van der Waals surface area (Å²) in [4.78, 5) is 30.6. The van der Waals surface area contributed by atoms with Gasteiger partial charge in [0.1, 0.15) is 0 Å². The van der Waals surface area contributed by atoms with Gasteiger partial charge >= 0.3 is 0 Å². The molecule has 0 aliphatic carbocycles. The van der Waals surface area contributed by atoms with Crippen molar-refractivity contribution in [2.75, 3.05) is 18.4 Å². The Morgan fingerprint density at radius 1 is 1.42 bits per heavy atom. The van der Waals surface area contributed by atoms with Crippen molar-refractivity contribution in [3.63, 3.8) is 0 Å². The number of carbonyl (C=O) groups excluding carboxylic acids is 2. The van der Waals surface area contributed by atoms with Crippen LogP contribution in [0.25, 0.3) is 0 Å². The number of hydrogen-bond donors (Lipinski definition) is 2. The van der Waals surface area contributed by atoms with Gasteiger partial charge in [0.15, 0.2) is 5.13 Å².